The number of hydrogen-bond acceptors (Lipinski definition) is 8. The molecule has 4 aromatic rings. The molecule has 0 atom stereocenters. The molecule has 9 nitrogen and oxygen atoms in total. The molecule has 0 aliphatic heterocycles. The number of carbonyl (C=O) groups is 1. The zero-order chi connectivity index (χ0) is 19.0. The molecule has 0 fully saturated rings. The largest absolute Gasteiger partial charge is 0.306 e. The van der Waals surface area contributed by atoms with E-state index in [9.17, 15) is 9.59 Å². The monoisotopic (exact) mass is 399 g/mol. The summed E-state index contributed by atoms with van der Waals surface area (Å²) in [6, 6.07) is 6.96. The molecule has 4 heterocycles. The third-order valence-corrected chi connectivity index (χ3v) is 5.36. The second-order valence-corrected chi connectivity index (χ2v) is 7.36. The molecule has 4 rings (SSSR count). The second-order valence-electron chi connectivity index (χ2n) is 5.66. The Labute approximate surface area is 160 Å². The van der Waals surface area contributed by atoms with E-state index in [0.717, 1.165) is 16.4 Å². The molecule has 0 unspecified atom stereocenters. The number of hydrogen-bond donors (Lipinski definition) is 2. The van der Waals surface area contributed by atoms with Gasteiger partial charge in [-0.3, -0.25) is 14.6 Å². The molecule has 0 aliphatic carbocycles. The van der Waals surface area contributed by atoms with Crippen LogP contribution >= 0.6 is 22.9 Å². The zero-order valence-corrected chi connectivity index (χ0v) is 15.9. The second kappa shape index (κ2) is 6.85. The van der Waals surface area contributed by atoms with E-state index in [1.807, 2.05) is 17.5 Å². The van der Waals surface area contributed by atoms with Crippen molar-refractivity contribution in [3.8, 4) is 16.5 Å². The molecule has 136 valence electrons. The van der Waals surface area contributed by atoms with Crippen LogP contribution in [0.1, 0.15) is 21.1 Å². The first-order chi connectivity index (χ1) is 13.0. The van der Waals surface area contributed by atoms with Gasteiger partial charge in [0.05, 0.1) is 10.6 Å². The standard InChI is InChI=1S/C16H13N7O2S2/c1-8-6-13(24)19-16(17-8)23-12(7-10(21-23)11-4-3-5-26-11)18-15(25)14-9(2)20-22-27-14/h3-7H,1-2H3,(H,18,25)(H,17,19,24). The SMILES string of the molecule is Cc1cc(=O)[nH]c(-n2nc(-c3cccs3)cc2NC(=O)c2snnc2C)n1. The van der Waals surface area contributed by atoms with Gasteiger partial charge < -0.3 is 5.32 Å². The summed E-state index contributed by atoms with van der Waals surface area (Å²) in [5, 5.41) is 13.1. The first kappa shape index (κ1) is 17.2. The summed E-state index contributed by atoms with van der Waals surface area (Å²) in [4.78, 5) is 32.7. The molecule has 1 amide bonds. The van der Waals surface area contributed by atoms with Gasteiger partial charge in [-0.05, 0) is 36.8 Å². The number of H-pyrrole nitrogens is 1. The Morgan fingerprint density at radius 1 is 1.30 bits per heavy atom. The Hall–Kier alpha value is -3.18. The number of anilines is 1. The van der Waals surface area contributed by atoms with Crippen molar-refractivity contribution in [2.45, 2.75) is 13.8 Å². The summed E-state index contributed by atoms with van der Waals surface area (Å²) in [7, 11) is 0. The third kappa shape index (κ3) is 3.41. The minimum Gasteiger partial charge on any atom is -0.306 e. The highest BCUT2D eigenvalue weighted by Gasteiger charge is 2.19. The van der Waals surface area contributed by atoms with Gasteiger partial charge in [-0.25, -0.2) is 4.98 Å². The minimum atomic E-state index is -0.351. The number of nitrogens with one attached hydrogen (secondary N) is 2. The average Bonchev–Trinajstić information content (AvgIpc) is 3.33. The van der Waals surface area contributed by atoms with E-state index in [1.165, 1.54) is 22.1 Å². The number of aryl methyl sites for hydroxylation is 2. The van der Waals surface area contributed by atoms with Crippen LogP contribution in [0.3, 0.4) is 0 Å². The Morgan fingerprint density at radius 2 is 2.15 bits per heavy atom. The van der Waals surface area contributed by atoms with Gasteiger partial charge in [-0.2, -0.15) is 9.78 Å². The molecule has 0 bridgehead atoms. The van der Waals surface area contributed by atoms with Crippen LogP contribution in [0.25, 0.3) is 16.5 Å². The van der Waals surface area contributed by atoms with Crippen molar-refractivity contribution in [3.63, 3.8) is 0 Å². The summed E-state index contributed by atoms with van der Waals surface area (Å²) < 4.78 is 5.19. The predicted octanol–water partition coefficient (Wildman–Crippen LogP) is 2.40. The highest BCUT2D eigenvalue weighted by atomic mass is 32.1. The summed E-state index contributed by atoms with van der Waals surface area (Å²) in [6.45, 7) is 3.43. The molecular formula is C16H13N7O2S2. The van der Waals surface area contributed by atoms with Gasteiger partial charge in [0.25, 0.3) is 11.5 Å². The van der Waals surface area contributed by atoms with E-state index in [1.54, 1.807) is 19.9 Å². The van der Waals surface area contributed by atoms with Crippen LogP contribution in [0.2, 0.25) is 0 Å². The van der Waals surface area contributed by atoms with Gasteiger partial charge in [-0.1, -0.05) is 10.6 Å². The number of rotatable bonds is 4. The molecule has 0 aliphatic rings. The van der Waals surface area contributed by atoms with E-state index in [-0.39, 0.29) is 17.4 Å². The third-order valence-electron chi connectivity index (χ3n) is 3.64. The van der Waals surface area contributed by atoms with Crippen molar-refractivity contribution in [2.24, 2.45) is 0 Å². The minimum absolute atomic E-state index is 0.220. The van der Waals surface area contributed by atoms with Crippen LogP contribution in [-0.4, -0.2) is 35.2 Å². The molecule has 4 aromatic heterocycles. The molecule has 0 saturated carbocycles. The quantitative estimate of drug-likeness (QED) is 0.544. The van der Waals surface area contributed by atoms with Crippen molar-refractivity contribution in [1.29, 1.82) is 0 Å². The lowest BCUT2D eigenvalue weighted by molar-refractivity contribution is 0.102. The van der Waals surface area contributed by atoms with Crippen LogP contribution < -0.4 is 10.9 Å². The topological polar surface area (TPSA) is 118 Å². The molecule has 0 saturated heterocycles. The van der Waals surface area contributed by atoms with Crippen LogP contribution in [0, 0.1) is 13.8 Å². The Kier molecular flexibility index (Phi) is 4.38. The van der Waals surface area contributed by atoms with Gasteiger partial charge in [0.2, 0.25) is 5.95 Å². The number of thiophene rings is 1. The first-order valence-corrected chi connectivity index (χ1v) is 9.49. The number of carbonyl (C=O) groups excluding carboxylic acids is 1. The lowest BCUT2D eigenvalue weighted by Gasteiger charge is -2.07. The van der Waals surface area contributed by atoms with Gasteiger partial charge >= 0.3 is 0 Å². The van der Waals surface area contributed by atoms with Crippen LogP contribution in [0.5, 0.6) is 0 Å². The lowest BCUT2D eigenvalue weighted by Crippen LogP contribution is -2.18. The van der Waals surface area contributed by atoms with E-state index in [4.69, 9.17) is 0 Å². The van der Waals surface area contributed by atoms with E-state index in [2.05, 4.69) is 30.0 Å². The maximum absolute atomic E-state index is 12.6. The fourth-order valence-electron chi connectivity index (χ4n) is 2.45. The molecule has 27 heavy (non-hydrogen) atoms. The van der Waals surface area contributed by atoms with E-state index >= 15 is 0 Å². The number of nitrogens with zero attached hydrogens (tertiary/aromatic N) is 5. The summed E-state index contributed by atoms with van der Waals surface area (Å²) in [6.07, 6.45) is 0. The predicted molar refractivity (Wildman–Crippen MR) is 103 cm³/mol. The Bertz CT molecular complexity index is 1170. The molecule has 0 aromatic carbocycles. The van der Waals surface area contributed by atoms with Crippen LogP contribution in [0.15, 0.2) is 34.4 Å². The van der Waals surface area contributed by atoms with Crippen molar-refractivity contribution in [1.82, 2.24) is 29.3 Å². The average molecular weight is 399 g/mol. The fraction of sp³-hybridized carbons (Fsp3) is 0.125. The van der Waals surface area contributed by atoms with Gasteiger partial charge in [0, 0.05) is 17.8 Å². The molecular weight excluding hydrogens is 386 g/mol. The maximum atomic E-state index is 12.6. The fourth-order valence-corrected chi connectivity index (χ4v) is 3.69. The van der Waals surface area contributed by atoms with Crippen LogP contribution in [-0.2, 0) is 0 Å². The zero-order valence-electron chi connectivity index (χ0n) is 14.3. The van der Waals surface area contributed by atoms with E-state index < -0.39 is 0 Å². The molecule has 11 heteroatoms. The lowest BCUT2D eigenvalue weighted by atomic mass is 10.3. The Balaban J connectivity index is 1.80. The summed E-state index contributed by atoms with van der Waals surface area (Å²) in [5.74, 6) is 0.249. The highest BCUT2D eigenvalue weighted by molar-refractivity contribution is 7.13. The van der Waals surface area contributed by atoms with Crippen molar-refractivity contribution >= 4 is 34.6 Å². The first-order valence-electron chi connectivity index (χ1n) is 7.84. The van der Waals surface area contributed by atoms with Crippen molar-refractivity contribution in [2.75, 3.05) is 5.32 Å². The van der Waals surface area contributed by atoms with Gasteiger partial charge in [-0.15, -0.1) is 16.4 Å². The smallest absolute Gasteiger partial charge is 0.270 e. The normalized spacial score (nSPS) is 10.9. The maximum Gasteiger partial charge on any atom is 0.270 e. The van der Waals surface area contributed by atoms with Crippen molar-refractivity contribution < 1.29 is 4.79 Å². The van der Waals surface area contributed by atoms with Gasteiger partial charge in [0.1, 0.15) is 16.4 Å². The summed E-state index contributed by atoms with van der Waals surface area (Å²) >= 11 is 2.53. The Morgan fingerprint density at radius 3 is 2.81 bits per heavy atom. The van der Waals surface area contributed by atoms with E-state index in [0.29, 0.717) is 27.8 Å². The van der Waals surface area contributed by atoms with Gasteiger partial charge in [0.15, 0.2) is 0 Å². The van der Waals surface area contributed by atoms with Crippen molar-refractivity contribution in [3.05, 3.63) is 56.3 Å². The number of aromatic amines is 1. The summed E-state index contributed by atoms with van der Waals surface area (Å²) in [5.41, 5.74) is 1.44. The molecule has 0 radical (unpaired) electrons. The number of amides is 1. The number of aromatic nitrogens is 6. The van der Waals surface area contributed by atoms with Crippen LogP contribution in [0.4, 0.5) is 5.82 Å². The molecule has 2 N–H and O–H groups in total. The molecule has 0 spiro atoms. The highest BCUT2D eigenvalue weighted by Crippen LogP contribution is 2.27.